The number of aliphatic imine (C=N–C) groups is 1. The highest BCUT2D eigenvalue weighted by molar-refractivity contribution is 5.85. The van der Waals surface area contributed by atoms with Gasteiger partial charge in [-0.15, -0.1) is 0 Å². The Balaban J connectivity index is 1.88. The normalized spacial score (nSPS) is 21.5. The standard InChI is InChI=1S/C18H24N2O/c1-4-21-18-13(2)10-16(12-19-18)14-7-8-17-15(11-14)6-5-9-20(17)3/h7-8,11-13H,4-6,9-10H2,1-3H3. The summed E-state index contributed by atoms with van der Waals surface area (Å²) >= 11 is 0. The summed E-state index contributed by atoms with van der Waals surface area (Å²) in [4.78, 5) is 6.86. The fourth-order valence-electron chi connectivity index (χ4n) is 3.24. The van der Waals surface area contributed by atoms with Crippen molar-refractivity contribution in [3.05, 3.63) is 35.5 Å². The molecule has 1 atom stereocenters. The zero-order valence-electron chi connectivity index (χ0n) is 13.2. The van der Waals surface area contributed by atoms with Gasteiger partial charge >= 0.3 is 0 Å². The summed E-state index contributed by atoms with van der Waals surface area (Å²) in [5.41, 5.74) is 5.49. The monoisotopic (exact) mass is 284 g/mol. The van der Waals surface area contributed by atoms with Crippen molar-refractivity contribution < 1.29 is 4.74 Å². The van der Waals surface area contributed by atoms with E-state index in [1.54, 1.807) is 0 Å². The van der Waals surface area contributed by atoms with Crippen molar-refractivity contribution in [3.8, 4) is 0 Å². The van der Waals surface area contributed by atoms with E-state index >= 15 is 0 Å². The third-order valence-electron chi connectivity index (χ3n) is 4.39. The average molecular weight is 284 g/mol. The average Bonchev–Trinajstić information content (AvgIpc) is 2.49. The molecule has 0 aromatic heterocycles. The minimum absolute atomic E-state index is 0.364. The third kappa shape index (κ3) is 2.82. The van der Waals surface area contributed by atoms with Gasteiger partial charge in [0.1, 0.15) is 0 Å². The van der Waals surface area contributed by atoms with E-state index in [0.717, 1.165) is 18.9 Å². The van der Waals surface area contributed by atoms with Crippen molar-refractivity contribution in [2.45, 2.75) is 33.1 Å². The zero-order chi connectivity index (χ0) is 14.8. The molecule has 2 aliphatic rings. The van der Waals surface area contributed by atoms with E-state index in [1.807, 2.05) is 13.1 Å². The van der Waals surface area contributed by atoms with Gasteiger partial charge in [0, 0.05) is 31.4 Å². The molecule has 3 nitrogen and oxygen atoms in total. The second kappa shape index (κ2) is 5.92. The number of nitrogens with zero attached hydrogens (tertiary/aromatic N) is 2. The molecule has 112 valence electrons. The Labute approximate surface area is 127 Å². The highest BCUT2D eigenvalue weighted by Crippen LogP contribution is 2.33. The molecule has 2 aliphatic heterocycles. The lowest BCUT2D eigenvalue weighted by Crippen LogP contribution is -2.24. The number of hydrogen-bond acceptors (Lipinski definition) is 3. The number of ether oxygens (including phenoxy) is 1. The maximum absolute atomic E-state index is 5.58. The molecule has 1 aromatic carbocycles. The van der Waals surface area contributed by atoms with E-state index in [2.05, 4.69) is 42.1 Å². The quantitative estimate of drug-likeness (QED) is 0.823. The van der Waals surface area contributed by atoms with Crippen molar-refractivity contribution in [2.24, 2.45) is 10.9 Å². The molecule has 0 saturated carbocycles. The Hall–Kier alpha value is -1.77. The van der Waals surface area contributed by atoms with Crippen LogP contribution in [0.1, 0.15) is 37.8 Å². The number of allylic oxidation sites excluding steroid dienone is 1. The first-order chi connectivity index (χ1) is 10.2. The summed E-state index contributed by atoms with van der Waals surface area (Å²) in [6.45, 7) is 6.05. The molecule has 1 aromatic rings. The van der Waals surface area contributed by atoms with Crippen LogP contribution >= 0.6 is 0 Å². The van der Waals surface area contributed by atoms with Gasteiger partial charge in [-0.2, -0.15) is 0 Å². The van der Waals surface area contributed by atoms with Gasteiger partial charge in [0.2, 0.25) is 0 Å². The van der Waals surface area contributed by atoms with E-state index in [9.17, 15) is 0 Å². The number of rotatable bonds is 2. The maximum atomic E-state index is 5.58. The van der Waals surface area contributed by atoms with Gasteiger partial charge in [0.25, 0.3) is 0 Å². The molecule has 0 radical (unpaired) electrons. The summed E-state index contributed by atoms with van der Waals surface area (Å²) in [6.07, 6.45) is 5.42. The van der Waals surface area contributed by atoms with Crippen LogP contribution in [0, 0.1) is 5.92 Å². The van der Waals surface area contributed by atoms with E-state index in [4.69, 9.17) is 4.74 Å². The second-order valence-electron chi connectivity index (χ2n) is 6.03. The van der Waals surface area contributed by atoms with Gasteiger partial charge in [0.05, 0.1) is 6.61 Å². The lowest BCUT2D eigenvalue weighted by atomic mass is 9.91. The minimum atomic E-state index is 0.364. The predicted octanol–water partition coefficient (Wildman–Crippen LogP) is 3.88. The van der Waals surface area contributed by atoms with E-state index < -0.39 is 0 Å². The Morgan fingerprint density at radius 3 is 3.00 bits per heavy atom. The summed E-state index contributed by atoms with van der Waals surface area (Å²) < 4.78 is 5.58. The first kappa shape index (κ1) is 14.2. The van der Waals surface area contributed by atoms with Crippen molar-refractivity contribution in [2.75, 3.05) is 25.1 Å². The molecule has 3 rings (SSSR count). The molecule has 21 heavy (non-hydrogen) atoms. The SMILES string of the molecule is CCOC1=NC=C(c2ccc3c(c2)CCCN3C)CC1C. The summed E-state index contributed by atoms with van der Waals surface area (Å²) in [5.74, 6) is 1.24. The molecular weight excluding hydrogens is 260 g/mol. The number of fused-ring (bicyclic) bond motifs is 1. The van der Waals surface area contributed by atoms with E-state index in [-0.39, 0.29) is 0 Å². The lowest BCUT2D eigenvalue weighted by Gasteiger charge is -2.28. The molecule has 0 bridgehead atoms. The molecule has 1 unspecified atom stereocenters. The van der Waals surface area contributed by atoms with Crippen LogP contribution in [0.5, 0.6) is 0 Å². The molecule has 2 heterocycles. The highest BCUT2D eigenvalue weighted by Gasteiger charge is 2.20. The number of anilines is 1. The van der Waals surface area contributed by atoms with Gasteiger partial charge in [-0.3, -0.25) is 0 Å². The summed E-state index contributed by atoms with van der Waals surface area (Å²) in [6, 6.07) is 6.85. The van der Waals surface area contributed by atoms with Crippen LogP contribution in [0.25, 0.3) is 5.57 Å². The van der Waals surface area contributed by atoms with Gasteiger partial charge in [0.15, 0.2) is 5.90 Å². The highest BCUT2D eigenvalue weighted by atomic mass is 16.5. The van der Waals surface area contributed by atoms with E-state index in [0.29, 0.717) is 12.5 Å². The first-order valence-electron chi connectivity index (χ1n) is 7.93. The number of aryl methyl sites for hydroxylation is 1. The summed E-state index contributed by atoms with van der Waals surface area (Å²) in [7, 11) is 2.18. The van der Waals surface area contributed by atoms with Crippen molar-refractivity contribution in [1.29, 1.82) is 0 Å². The van der Waals surface area contributed by atoms with Crippen LogP contribution in [0.2, 0.25) is 0 Å². The molecule has 0 fully saturated rings. The van der Waals surface area contributed by atoms with E-state index in [1.165, 1.54) is 35.2 Å². The number of benzene rings is 1. The zero-order valence-corrected chi connectivity index (χ0v) is 13.2. The van der Waals surface area contributed by atoms with Gasteiger partial charge in [-0.05, 0) is 55.0 Å². The Morgan fingerprint density at radius 1 is 1.38 bits per heavy atom. The fraction of sp³-hybridized carbons (Fsp3) is 0.500. The van der Waals surface area contributed by atoms with Crippen molar-refractivity contribution in [1.82, 2.24) is 0 Å². The van der Waals surface area contributed by atoms with Crippen LogP contribution < -0.4 is 4.90 Å². The molecule has 0 N–H and O–H groups in total. The predicted molar refractivity (Wildman–Crippen MR) is 88.9 cm³/mol. The van der Waals surface area contributed by atoms with Crippen LogP contribution in [0.15, 0.2) is 29.4 Å². The third-order valence-corrected chi connectivity index (χ3v) is 4.39. The van der Waals surface area contributed by atoms with Crippen LogP contribution in [0.4, 0.5) is 5.69 Å². The lowest BCUT2D eigenvalue weighted by molar-refractivity contribution is 0.302. The largest absolute Gasteiger partial charge is 0.481 e. The number of hydrogen-bond donors (Lipinski definition) is 0. The Kier molecular flexibility index (Phi) is 4.00. The fourth-order valence-corrected chi connectivity index (χ4v) is 3.24. The molecule has 0 saturated heterocycles. The molecule has 0 aliphatic carbocycles. The minimum Gasteiger partial charge on any atom is -0.481 e. The molecular formula is C18H24N2O. The van der Waals surface area contributed by atoms with Gasteiger partial charge in [-0.25, -0.2) is 4.99 Å². The molecule has 0 amide bonds. The molecule has 3 heteroatoms. The maximum Gasteiger partial charge on any atom is 0.191 e. The van der Waals surface area contributed by atoms with Crippen LogP contribution in [-0.4, -0.2) is 26.1 Å². The van der Waals surface area contributed by atoms with Crippen LogP contribution in [0.3, 0.4) is 0 Å². The van der Waals surface area contributed by atoms with Gasteiger partial charge in [-0.1, -0.05) is 13.0 Å². The topological polar surface area (TPSA) is 24.8 Å². The summed E-state index contributed by atoms with van der Waals surface area (Å²) in [5, 5.41) is 0. The second-order valence-corrected chi connectivity index (χ2v) is 6.03. The van der Waals surface area contributed by atoms with Crippen molar-refractivity contribution in [3.63, 3.8) is 0 Å². The van der Waals surface area contributed by atoms with Crippen molar-refractivity contribution >= 4 is 17.2 Å². The molecule has 0 spiro atoms. The first-order valence-corrected chi connectivity index (χ1v) is 7.93. The van der Waals surface area contributed by atoms with Crippen LogP contribution in [-0.2, 0) is 11.2 Å². The smallest absolute Gasteiger partial charge is 0.191 e. The Morgan fingerprint density at radius 2 is 2.24 bits per heavy atom. The Bertz CT molecular complexity index is 589. The van der Waals surface area contributed by atoms with Gasteiger partial charge < -0.3 is 9.64 Å².